The molecule has 2 saturated carbocycles. The molecule has 0 amide bonds. The summed E-state index contributed by atoms with van der Waals surface area (Å²) >= 11 is 0. The lowest BCUT2D eigenvalue weighted by molar-refractivity contribution is 0.444. The molecular weight excluding hydrogens is 862 g/mol. The zero-order chi connectivity index (χ0) is 47.9. The summed E-state index contributed by atoms with van der Waals surface area (Å²) in [5.41, 5.74) is 20.7. The number of nitrogens with zero attached hydrogens (tertiary/aromatic N) is 5. The predicted octanol–water partition coefficient (Wildman–Crippen LogP) is 14.9. The molecule has 7 aromatic carbocycles. The molecule has 2 aliphatic carbocycles. The van der Waals surface area contributed by atoms with Crippen LogP contribution in [0.5, 0.6) is 0 Å². The van der Waals surface area contributed by atoms with E-state index in [4.69, 9.17) is 15.0 Å². The minimum absolute atomic E-state index is 0.00448. The van der Waals surface area contributed by atoms with Gasteiger partial charge in [-0.2, -0.15) is 0 Å². The van der Waals surface area contributed by atoms with Crippen molar-refractivity contribution in [3.8, 4) is 45.5 Å². The Morgan fingerprint density at radius 3 is 1.24 bits per heavy atom. The Labute approximate surface area is 418 Å². The van der Waals surface area contributed by atoms with Crippen molar-refractivity contribution in [3.05, 3.63) is 156 Å². The maximum atomic E-state index is 5.41. The number of benzene rings is 7. The van der Waals surface area contributed by atoms with Crippen LogP contribution >= 0.6 is 0 Å². The van der Waals surface area contributed by atoms with Crippen molar-refractivity contribution in [3.63, 3.8) is 0 Å². The average Bonchev–Trinajstić information content (AvgIpc) is 3.91. The third kappa shape index (κ3) is 6.76. The smallest absolute Gasteiger partial charge is 0.252 e. The van der Waals surface area contributed by atoms with Crippen molar-refractivity contribution in [2.24, 2.45) is 0 Å². The van der Waals surface area contributed by atoms with Crippen LogP contribution in [-0.4, -0.2) is 30.8 Å². The maximum absolute atomic E-state index is 5.41. The lowest BCUT2D eigenvalue weighted by atomic mass is 9.34. The Balaban J connectivity index is 1.15. The summed E-state index contributed by atoms with van der Waals surface area (Å²) in [5.74, 6) is 3.16. The molecule has 5 heterocycles. The van der Waals surface area contributed by atoms with Crippen LogP contribution in [0.1, 0.15) is 140 Å². The largest absolute Gasteiger partial charge is 0.310 e. The van der Waals surface area contributed by atoms with Gasteiger partial charge in [0.05, 0.1) is 11.0 Å². The van der Waals surface area contributed by atoms with Crippen LogP contribution in [0.25, 0.3) is 89.2 Å². The molecule has 10 aromatic rings. The van der Waals surface area contributed by atoms with Crippen LogP contribution in [0.3, 0.4) is 0 Å². The van der Waals surface area contributed by atoms with Gasteiger partial charge >= 0.3 is 0 Å². The van der Waals surface area contributed by atoms with E-state index in [1.807, 2.05) is 0 Å². The summed E-state index contributed by atoms with van der Waals surface area (Å²) in [7, 11) is 0. The van der Waals surface area contributed by atoms with E-state index in [-0.39, 0.29) is 17.5 Å². The van der Waals surface area contributed by atoms with Gasteiger partial charge in [0.25, 0.3) is 6.71 Å². The minimum Gasteiger partial charge on any atom is -0.310 e. The van der Waals surface area contributed by atoms with E-state index in [1.54, 1.807) is 0 Å². The maximum Gasteiger partial charge on any atom is 0.252 e. The molecular formula is C65H62BN5. The van der Waals surface area contributed by atoms with Crippen LogP contribution in [0.4, 0.5) is 0 Å². The highest BCUT2D eigenvalue weighted by Crippen LogP contribution is 2.45. The Kier molecular flexibility index (Phi) is 9.61. The molecule has 0 unspecified atom stereocenters. The van der Waals surface area contributed by atoms with Gasteiger partial charge in [-0.3, -0.25) is 0 Å². The van der Waals surface area contributed by atoms with Gasteiger partial charge in [-0.15, -0.1) is 0 Å². The summed E-state index contributed by atoms with van der Waals surface area (Å²) < 4.78 is 5.31. The molecule has 0 N–H and O–H groups in total. The third-order valence-electron chi connectivity index (χ3n) is 17.2. The Bertz CT molecular complexity index is 3560. The van der Waals surface area contributed by atoms with Gasteiger partial charge in [0.2, 0.25) is 0 Å². The first-order valence-electron chi connectivity index (χ1n) is 26.8. The second kappa shape index (κ2) is 15.9. The number of hydrogen-bond donors (Lipinski definition) is 0. The van der Waals surface area contributed by atoms with Gasteiger partial charge < -0.3 is 9.13 Å². The number of hydrogen-bond acceptors (Lipinski definition) is 3. The molecule has 6 heteroatoms. The summed E-state index contributed by atoms with van der Waals surface area (Å²) in [6.07, 6.45) is 13.0. The van der Waals surface area contributed by atoms with Gasteiger partial charge in [0.15, 0.2) is 17.5 Å². The second-order valence-corrected chi connectivity index (χ2v) is 23.7. The van der Waals surface area contributed by atoms with Crippen molar-refractivity contribution in [1.29, 1.82) is 0 Å². The van der Waals surface area contributed by atoms with Crippen molar-refractivity contribution in [2.45, 2.75) is 128 Å². The summed E-state index contributed by atoms with van der Waals surface area (Å²) in [4.78, 5) is 16.0. The van der Waals surface area contributed by atoms with Crippen molar-refractivity contribution < 1.29 is 0 Å². The van der Waals surface area contributed by atoms with E-state index in [0.717, 1.165) is 16.7 Å². The quantitative estimate of drug-likeness (QED) is 0.162. The zero-order valence-corrected chi connectivity index (χ0v) is 42.2. The lowest BCUT2D eigenvalue weighted by Crippen LogP contribution is -2.59. The van der Waals surface area contributed by atoms with E-state index < -0.39 is 0 Å². The highest BCUT2D eigenvalue weighted by atomic mass is 15.1. The van der Waals surface area contributed by atoms with E-state index in [0.29, 0.717) is 29.3 Å². The second-order valence-electron chi connectivity index (χ2n) is 23.7. The fourth-order valence-electron chi connectivity index (χ4n) is 13.5. The molecule has 0 atom stereocenters. The standard InChI is InChI=1S/C65H62BN5/c1-64(2,3)46-27-29-54-48(37-46)50-31-43(39-19-11-7-12-20-39)33-52-59(50)70(54)56-35-45(63-68-61(41-23-15-9-16-24-41)67-62(69-63)42-25-17-10-18-26-42)36-57-58(56)66(52)53-34-44(40-21-13-8-14-22-40)32-51-49-38-47(65(4,5)6)28-30-55(49)71(57)60(51)53/h9-10,15-18,23-40H,7-8,11-14,19-22H2,1-6H3. The number of aromatic nitrogens is 5. The van der Waals surface area contributed by atoms with Crippen LogP contribution in [0, 0.1) is 0 Å². The molecule has 71 heavy (non-hydrogen) atoms. The Morgan fingerprint density at radius 1 is 0.423 bits per heavy atom. The van der Waals surface area contributed by atoms with E-state index >= 15 is 0 Å². The SMILES string of the molecule is CC(C)(C)c1ccc2c(c1)c1cc(C3CCCCC3)cc3c1n2-c1cc(-c2nc(-c4ccccc4)nc(-c4ccccc4)n2)cc2c1B3c1cc(C3CCCCC3)cc3c4cc(C(C)(C)C)ccc4n-2c13. The first-order chi connectivity index (χ1) is 34.5. The lowest BCUT2D eigenvalue weighted by Gasteiger charge is -2.35. The number of rotatable bonds is 5. The fraction of sp³-hybridized carbons (Fsp3) is 0.308. The highest BCUT2D eigenvalue weighted by molar-refractivity contribution is 7.00. The highest BCUT2D eigenvalue weighted by Gasteiger charge is 2.43. The van der Waals surface area contributed by atoms with Crippen LogP contribution in [0.2, 0.25) is 0 Å². The molecule has 5 nitrogen and oxygen atoms in total. The molecule has 350 valence electrons. The van der Waals surface area contributed by atoms with Gasteiger partial charge in [-0.1, -0.05) is 165 Å². The van der Waals surface area contributed by atoms with Gasteiger partial charge in [-0.25, -0.2) is 15.0 Å². The third-order valence-corrected chi connectivity index (χ3v) is 17.2. The molecule has 2 fully saturated rings. The normalized spacial score (nSPS) is 16.2. The first kappa shape index (κ1) is 43.0. The van der Waals surface area contributed by atoms with E-state index in [1.165, 1.54) is 158 Å². The summed E-state index contributed by atoms with van der Waals surface area (Å²) in [5, 5.41) is 5.48. The molecule has 0 spiro atoms. The minimum atomic E-state index is 0.00448. The van der Waals surface area contributed by atoms with E-state index in [9.17, 15) is 0 Å². The van der Waals surface area contributed by atoms with Crippen LogP contribution in [-0.2, 0) is 10.8 Å². The molecule has 2 aliphatic heterocycles. The molecule has 4 aliphatic rings. The average molecular weight is 924 g/mol. The zero-order valence-electron chi connectivity index (χ0n) is 42.2. The monoisotopic (exact) mass is 924 g/mol. The Morgan fingerprint density at radius 2 is 0.831 bits per heavy atom. The number of fused-ring (bicyclic) bond motifs is 10. The van der Waals surface area contributed by atoms with Gasteiger partial charge in [-0.05, 0) is 136 Å². The van der Waals surface area contributed by atoms with Gasteiger partial charge in [0, 0.05) is 60.6 Å². The fourth-order valence-corrected chi connectivity index (χ4v) is 13.5. The van der Waals surface area contributed by atoms with Crippen molar-refractivity contribution in [1.82, 2.24) is 24.1 Å². The molecule has 0 bridgehead atoms. The van der Waals surface area contributed by atoms with Crippen molar-refractivity contribution in [2.75, 3.05) is 0 Å². The summed E-state index contributed by atoms with van der Waals surface area (Å²) in [6, 6.07) is 51.0. The Hall–Kier alpha value is -6.79. The molecule has 0 radical (unpaired) electrons. The summed E-state index contributed by atoms with van der Waals surface area (Å²) in [6.45, 7) is 14.2. The first-order valence-corrected chi connectivity index (χ1v) is 26.8. The molecule has 14 rings (SSSR count). The molecule has 3 aromatic heterocycles. The van der Waals surface area contributed by atoms with Gasteiger partial charge in [0.1, 0.15) is 0 Å². The van der Waals surface area contributed by atoms with E-state index in [2.05, 4.69) is 184 Å². The van der Waals surface area contributed by atoms with Crippen molar-refractivity contribution >= 4 is 66.7 Å². The predicted molar refractivity (Wildman–Crippen MR) is 299 cm³/mol. The van der Waals surface area contributed by atoms with Crippen LogP contribution < -0.4 is 16.4 Å². The van der Waals surface area contributed by atoms with Crippen LogP contribution in [0.15, 0.2) is 133 Å². The topological polar surface area (TPSA) is 48.5 Å². The molecule has 0 saturated heterocycles.